The van der Waals surface area contributed by atoms with Crippen molar-refractivity contribution in [2.45, 2.75) is 51.5 Å². The van der Waals surface area contributed by atoms with Crippen molar-refractivity contribution in [3.05, 3.63) is 29.8 Å². The van der Waals surface area contributed by atoms with Crippen LogP contribution in [0.4, 0.5) is 10.5 Å². The summed E-state index contributed by atoms with van der Waals surface area (Å²) in [7, 11) is 0. The minimum absolute atomic E-state index is 0.0708. The molecule has 0 aromatic heterocycles. The molecule has 3 rings (SSSR count). The number of rotatable bonds is 5. The number of carbonyl (C=O) groups is 3. The molecule has 28 heavy (non-hydrogen) atoms. The van der Waals surface area contributed by atoms with Crippen LogP contribution in [0.15, 0.2) is 24.3 Å². The van der Waals surface area contributed by atoms with Gasteiger partial charge in [-0.1, -0.05) is 25.0 Å². The van der Waals surface area contributed by atoms with E-state index < -0.39 is 0 Å². The molecule has 2 fully saturated rings. The second-order valence-electron chi connectivity index (χ2n) is 7.58. The Morgan fingerprint density at radius 1 is 0.964 bits per heavy atom. The molecule has 0 aliphatic carbocycles. The highest BCUT2D eigenvalue weighted by molar-refractivity contribution is 5.89. The van der Waals surface area contributed by atoms with E-state index in [0.29, 0.717) is 19.5 Å². The summed E-state index contributed by atoms with van der Waals surface area (Å²) in [6.07, 6.45) is 6.71. The summed E-state index contributed by atoms with van der Waals surface area (Å²) in [6, 6.07) is 7.41. The molecule has 0 atom stereocenters. The Labute approximate surface area is 166 Å². The molecule has 0 bridgehead atoms. The first-order valence-electron chi connectivity index (χ1n) is 10.3. The molecule has 2 aliphatic rings. The molecule has 2 heterocycles. The van der Waals surface area contributed by atoms with E-state index in [1.165, 1.54) is 0 Å². The molecule has 152 valence electrons. The number of likely N-dealkylation sites (tertiary alicyclic amines) is 2. The first-order valence-corrected chi connectivity index (χ1v) is 10.3. The summed E-state index contributed by atoms with van der Waals surface area (Å²) in [5.41, 5.74) is 1.63. The minimum atomic E-state index is -0.152. The molecular weight excluding hydrogens is 356 g/mol. The number of hydrogen-bond acceptors (Lipinski definition) is 3. The number of nitrogens with zero attached hydrogens (tertiary/aromatic N) is 2. The molecule has 0 unspecified atom stereocenters. The lowest BCUT2D eigenvalue weighted by molar-refractivity contribution is -0.136. The van der Waals surface area contributed by atoms with Crippen LogP contribution in [-0.4, -0.2) is 53.8 Å². The predicted molar refractivity (Wildman–Crippen MR) is 108 cm³/mol. The van der Waals surface area contributed by atoms with Crippen molar-refractivity contribution in [3.63, 3.8) is 0 Å². The maximum atomic E-state index is 12.3. The van der Waals surface area contributed by atoms with Gasteiger partial charge in [-0.25, -0.2) is 4.79 Å². The van der Waals surface area contributed by atoms with Gasteiger partial charge in [-0.15, -0.1) is 0 Å². The summed E-state index contributed by atoms with van der Waals surface area (Å²) in [5.74, 6) is -0.0816. The number of amides is 4. The molecule has 2 N–H and O–H groups in total. The molecule has 0 spiro atoms. The first-order chi connectivity index (χ1) is 13.6. The van der Waals surface area contributed by atoms with E-state index in [2.05, 4.69) is 10.6 Å². The maximum Gasteiger partial charge on any atom is 0.321 e. The van der Waals surface area contributed by atoms with E-state index in [0.717, 1.165) is 62.9 Å². The average molecular weight is 386 g/mol. The van der Waals surface area contributed by atoms with Gasteiger partial charge in [-0.05, 0) is 43.4 Å². The van der Waals surface area contributed by atoms with Crippen molar-refractivity contribution in [2.24, 2.45) is 0 Å². The lowest BCUT2D eigenvalue weighted by atomic mass is 10.1. The van der Waals surface area contributed by atoms with E-state index in [1.54, 1.807) is 4.90 Å². The van der Waals surface area contributed by atoms with E-state index in [9.17, 15) is 14.4 Å². The van der Waals surface area contributed by atoms with Crippen LogP contribution >= 0.6 is 0 Å². The maximum absolute atomic E-state index is 12.3. The van der Waals surface area contributed by atoms with Crippen LogP contribution in [0.5, 0.6) is 0 Å². The zero-order valence-electron chi connectivity index (χ0n) is 16.4. The van der Waals surface area contributed by atoms with Crippen LogP contribution in [0.25, 0.3) is 0 Å². The van der Waals surface area contributed by atoms with E-state index in [4.69, 9.17) is 0 Å². The third-order valence-corrected chi connectivity index (χ3v) is 5.32. The minimum Gasteiger partial charge on any atom is -0.350 e. The van der Waals surface area contributed by atoms with Gasteiger partial charge < -0.3 is 20.4 Å². The van der Waals surface area contributed by atoms with Gasteiger partial charge in [0.2, 0.25) is 11.8 Å². The fourth-order valence-electron chi connectivity index (χ4n) is 3.69. The Morgan fingerprint density at radius 2 is 1.71 bits per heavy atom. The lowest BCUT2D eigenvalue weighted by Crippen LogP contribution is -2.41. The van der Waals surface area contributed by atoms with Crippen LogP contribution in [0.3, 0.4) is 0 Å². The van der Waals surface area contributed by atoms with E-state index in [-0.39, 0.29) is 24.4 Å². The van der Waals surface area contributed by atoms with Crippen molar-refractivity contribution in [2.75, 3.05) is 31.5 Å². The Balaban J connectivity index is 1.47. The number of hydrogen-bond donors (Lipinski definition) is 2. The van der Waals surface area contributed by atoms with Crippen LogP contribution in [0.2, 0.25) is 0 Å². The number of anilines is 1. The van der Waals surface area contributed by atoms with Gasteiger partial charge in [0.1, 0.15) is 0 Å². The molecule has 2 aliphatic heterocycles. The number of carbonyl (C=O) groups excluding carboxylic acids is 3. The Morgan fingerprint density at radius 3 is 2.54 bits per heavy atom. The SMILES string of the molecule is O=C(CN1CCCCCCC1=O)NCc1cccc(NC(=O)N2CCCC2)c1. The van der Waals surface area contributed by atoms with Gasteiger partial charge >= 0.3 is 6.03 Å². The van der Waals surface area contributed by atoms with E-state index >= 15 is 0 Å². The fourth-order valence-corrected chi connectivity index (χ4v) is 3.69. The lowest BCUT2D eigenvalue weighted by Gasteiger charge is -2.24. The van der Waals surface area contributed by atoms with Crippen LogP contribution in [0.1, 0.15) is 50.5 Å². The summed E-state index contributed by atoms with van der Waals surface area (Å²) >= 11 is 0. The molecule has 0 saturated carbocycles. The van der Waals surface area contributed by atoms with Gasteiger partial charge in [0, 0.05) is 38.3 Å². The van der Waals surface area contributed by atoms with Gasteiger partial charge in [-0.3, -0.25) is 9.59 Å². The van der Waals surface area contributed by atoms with Gasteiger partial charge in [0.05, 0.1) is 6.54 Å². The predicted octanol–water partition coefficient (Wildman–Crippen LogP) is 2.72. The molecule has 2 saturated heterocycles. The largest absolute Gasteiger partial charge is 0.350 e. The Hall–Kier alpha value is -2.57. The fraction of sp³-hybridized carbons (Fsp3) is 0.571. The molecule has 7 nitrogen and oxygen atoms in total. The smallest absolute Gasteiger partial charge is 0.321 e. The quantitative estimate of drug-likeness (QED) is 0.816. The van der Waals surface area contributed by atoms with Gasteiger partial charge in [0.15, 0.2) is 0 Å². The summed E-state index contributed by atoms with van der Waals surface area (Å²) in [4.78, 5) is 40.1. The topological polar surface area (TPSA) is 81.8 Å². The van der Waals surface area contributed by atoms with Crippen molar-refractivity contribution in [1.29, 1.82) is 0 Å². The van der Waals surface area contributed by atoms with Crippen molar-refractivity contribution < 1.29 is 14.4 Å². The molecule has 1 aromatic carbocycles. The van der Waals surface area contributed by atoms with Gasteiger partial charge in [-0.2, -0.15) is 0 Å². The molecule has 7 heteroatoms. The third kappa shape index (κ3) is 5.97. The molecule has 0 radical (unpaired) electrons. The monoisotopic (exact) mass is 386 g/mol. The summed E-state index contributed by atoms with van der Waals surface area (Å²) in [6.45, 7) is 2.75. The number of urea groups is 1. The normalized spacial score (nSPS) is 17.8. The second-order valence-corrected chi connectivity index (χ2v) is 7.58. The van der Waals surface area contributed by atoms with Crippen LogP contribution in [0, 0.1) is 0 Å². The van der Waals surface area contributed by atoms with Crippen LogP contribution in [-0.2, 0) is 16.1 Å². The number of benzene rings is 1. The second kappa shape index (κ2) is 10.1. The summed E-state index contributed by atoms with van der Waals surface area (Å²) < 4.78 is 0. The van der Waals surface area contributed by atoms with Crippen molar-refractivity contribution in [3.8, 4) is 0 Å². The van der Waals surface area contributed by atoms with Gasteiger partial charge in [0.25, 0.3) is 0 Å². The third-order valence-electron chi connectivity index (χ3n) is 5.32. The molecular formula is C21H30N4O3. The highest BCUT2D eigenvalue weighted by Gasteiger charge is 2.19. The van der Waals surface area contributed by atoms with E-state index in [1.807, 2.05) is 29.2 Å². The first kappa shape index (κ1) is 20.2. The average Bonchev–Trinajstić information content (AvgIpc) is 3.21. The van der Waals surface area contributed by atoms with Crippen molar-refractivity contribution in [1.82, 2.24) is 15.1 Å². The highest BCUT2D eigenvalue weighted by atomic mass is 16.2. The number of nitrogens with one attached hydrogen (secondary N) is 2. The summed E-state index contributed by atoms with van der Waals surface area (Å²) in [5, 5.41) is 5.80. The molecule has 4 amide bonds. The van der Waals surface area contributed by atoms with Crippen molar-refractivity contribution >= 4 is 23.5 Å². The zero-order chi connectivity index (χ0) is 19.8. The Kier molecular flexibility index (Phi) is 7.28. The highest BCUT2D eigenvalue weighted by Crippen LogP contribution is 2.14. The standard InChI is InChI=1S/C21H30N4O3/c26-19(16-25-13-4-2-1-3-10-20(25)27)22-15-17-8-7-9-18(14-17)23-21(28)24-11-5-6-12-24/h7-9,14H,1-6,10-13,15-16H2,(H,22,26)(H,23,28). The molecule has 1 aromatic rings. The Bertz CT molecular complexity index is 701. The zero-order valence-corrected chi connectivity index (χ0v) is 16.4. The van der Waals surface area contributed by atoms with Crippen LogP contribution < -0.4 is 10.6 Å².